The van der Waals surface area contributed by atoms with Crippen LogP contribution in [-0.4, -0.2) is 27.1 Å². The fourth-order valence-electron chi connectivity index (χ4n) is 3.52. The number of aromatic nitrogens is 4. The molecular weight excluding hydrogens is 384 g/mol. The first-order valence-corrected chi connectivity index (χ1v) is 10.0. The Kier molecular flexibility index (Phi) is 4.99. The Bertz CT molecular complexity index is 1260. The second-order valence-electron chi connectivity index (χ2n) is 7.08. The highest BCUT2D eigenvalue weighted by Crippen LogP contribution is 2.30. The van der Waals surface area contributed by atoms with Crippen LogP contribution in [0.2, 0.25) is 0 Å². The third kappa shape index (κ3) is 3.81. The topological polar surface area (TPSA) is 52.8 Å². The average molecular weight is 404 g/mol. The van der Waals surface area contributed by atoms with Crippen LogP contribution in [0.5, 0.6) is 5.75 Å². The van der Waals surface area contributed by atoms with Crippen LogP contribution in [0.15, 0.2) is 103 Å². The summed E-state index contributed by atoms with van der Waals surface area (Å²) in [5, 5.41) is 8.78. The Hall–Kier alpha value is -4.25. The molecule has 0 atom stereocenters. The lowest BCUT2D eigenvalue weighted by Gasteiger charge is -2.09. The lowest BCUT2D eigenvalue weighted by molar-refractivity contribution is 0.411. The molecule has 0 fully saturated rings. The number of pyridine rings is 1. The first-order chi connectivity index (χ1) is 15.3. The van der Waals surface area contributed by atoms with Gasteiger partial charge in [0.2, 0.25) is 0 Å². The van der Waals surface area contributed by atoms with Crippen LogP contribution >= 0.6 is 0 Å². The maximum absolute atomic E-state index is 5.47. The second-order valence-corrected chi connectivity index (χ2v) is 7.08. The molecule has 0 aliphatic rings. The molecule has 0 bridgehead atoms. The highest BCUT2D eigenvalue weighted by atomic mass is 16.5. The van der Waals surface area contributed by atoms with Crippen molar-refractivity contribution in [2.45, 2.75) is 0 Å². The van der Waals surface area contributed by atoms with Gasteiger partial charge in [0, 0.05) is 16.7 Å². The molecule has 0 unspecified atom stereocenters. The fraction of sp³-hybridized carbons (Fsp3) is 0.0385. The van der Waals surface area contributed by atoms with Crippen molar-refractivity contribution in [2.75, 3.05) is 7.11 Å². The molecule has 31 heavy (non-hydrogen) atoms. The van der Waals surface area contributed by atoms with Gasteiger partial charge in [0.05, 0.1) is 24.7 Å². The molecule has 5 heteroatoms. The van der Waals surface area contributed by atoms with Gasteiger partial charge in [-0.05, 0) is 24.3 Å². The monoisotopic (exact) mass is 404 g/mol. The smallest absolute Gasteiger partial charge is 0.144 e. The summed E-state index contributed by atoms with van der Waals surface area (Å²) in [6.45, 7) is 0. The standard InChI is InChI=1S/C26H20N4O/c1-31-26-15-9-8-14-25(26)30-18-24(28-29-30)21-16-22(19-10-4-2-5-11-19)27-23(17-21)20-12-6-3-7-13-20/h2-18H,1H3. The van der Waals surface area contributed by atoms with E-state index < -0.39 is 0 Å². The van der Waals surface area contributed by atoms with Crippen LogP contribution in [0.25, 0.3) is 39.5 Å². The SMILES string of the molecule is COc1ccccc1-n1cc(-c2cc(-c3ccccc3)nc(-c3ccccc3)c2)nn1. The maximum atomic E-state index is 5.47. The van der Waals surface area contributed by atoms with Crippen molar-refractivity contribution in [3.05, 3.63) is 103 Å². The Morgan fingerprint density at radius 1 is 0.645 bits per heavy atom. The minimum absolute atomic E-state index is 0.739. The number of methoxy groups -OCH3 is 1. The summed E-state index contributed by atoms with van der Waals surface area (Å²) < 4.78 is 7.21. The van der Waals surface area contributed by atoms with Crippen molar-refractivity contribution in [1.29, 1.82) is 0 Å². The van der Waals surface area contributed by atoms with Gasteiger partial charge >= 0.3 is 0 Å². The summed E-state index contributed by atoms with van der Waals surface area (Å²) in [5.74, 6) is 0.739. The fourth-order valence-corrected chi connectivity index (χ4v) is 3.52. The zero-order valence-electron chi connectivity index (χ0n) is 17.0. The largest absolute Gasteiger partial charge is 0.494 e. The van der Waals surface area contributed by atoms with E-state index in [9.17, 15) is 0 Å². The molecule has 5 nitrogen and oxygen atoms in total. The van der Waals surface area contributed by atoms with Crippen molar-refractivity contribution < 1.29 is 4.74 Å². The van der Waals surface area contributed by atoms with Crippen LogP contribution in [0.4, 0.5) is 0 Å². The van der Waals surface area contributed by atoms with E-state index in [2.05, 4.69) is 46.7 Å². The Labute approximate surface area is 180 Å². The lowest BCUT2D eigenvalue weighted by atomic mass is 10.0. The normalized spacial score (nSPS) is 10.7. The van der Waals surface area contributed by atoms with Crippen LogP contribution in [0.3, 0.4) is 0 Å². The molecule has 0 aliphatic heterocycles. The van der Waals surface area contributed by atoms with Crippen LogP contribution in [0.1, 0.15) is 0 Å². The van der Waals surface area contributed by atoms with E-state index in [1.807, 2.05) is 66.9 Å². The van der Waals surface area contributed by atoms with Crippen LogP contribution < -0.4 is 4.74 Å². The zero-order valence-corrected chi connectivity index (χ0v) is 17.0. The molecule has 2 aromatic heterocycles. The molecule has 0 amide bonds. The Morgan fingerprint density at radius 2 is 1.23 bits per heavy atom. The zero-order chi connectivity index (χ0) is 21.0. The first kappa shape index (κ1) is 18.8. The number of ether oxygens (including phenoxy) is 1. The molecule has 0 spiro atoms. The summed E-state index contributed by atoms with van der Waals surface area (Å²) in [4.78, 5) is 4.92. The van der Waals surface area contributed by atoms with Gasteiger partial charge in [-0.1, -0.05) is 78.0 Å². The molecule has 0 radical (unpaired) electrons. The molecule has 5 aromatic rings. The first-order valence-electron chi connectivity index (χ1n) is 10.0. The molecule has 3 aromatic carbocycles. The van der Waals surface area contributed by atoms with E-state index in [1.54, 1.807) is 11.8 Å². The summed E-state index contributed by atoms with van der Waals surface area (Å²) in [6.07, 6.45) is 1.91. The van der Waals surface area contributed by atoms with E-state index in [1.165, 1.54) is 0 Å². The van der Waals surface area contributed by atoms with Crippen molar-refractivity contribution in [2.24, 2.45) is 0 Å². The average Bonchev–Trinajstić information content (AvgIpc) is 3.35. The number of nitrogens with zero attached hydrogens (tertiary/aromatic N) is 4. The third-order valence-corrected chi connectivity index (χ3v) is 5.09. The predicted octanol–water partition coefficient (Wildman–Crippen LogP) is 5.67. The van der Waals surface area contributed by atoms with Crippen molar-refractivity contribution >= 4 is 0 Å². The third-order valence-electron chi connectivity index (χ3n) is 5.09. The van der Waals surface area contributed by atoms with E-state index >= 15 is 0 Å². The summed E-state index contributed by atoms with van der Waals surface area (Å²) in [5.41, 5.74) is 6.45. The molecule has 0 saturated heterocycles. The molecule has 2 heterocycles. The van der Waals surface area contributed by atoms with Gasteiger partial charge < -0.3 is 4.74 Å². The molecule has 5 rings (SSSR count). The van der Waals surface area contributed by atoms with Gasteiger partial charge in [0.1, 0.15) is 17.1 Å². The summed E-state index contributed by atoms with van der Waals surface area (Å²) in [7, 11) is 1.65. The van der Waals surface area contributed by atoms with Crippen molar-refractivity contribution in [3.8, 4) is 45.2 Å². The van der Waals surface area contributed by atoms with Gasteiger partial charge in [-0.15, -0.1) is 5.10 Å². The second kappa shape index (κ2) is 8.24. The van der Waals surface area contributed by atoms with Gasteiger partial charge in [0.15, 0.2) is 0 Å². The van der Waals surface area contributed by atoms with Crippen LogP contribution in [-0.2, 0) is 0 Å². The molecular formula is C26H20N4O. The van der Waals surface area contributed by atoms with Crippen molar-refractivity contribution in [3.63, 3.8) is 0 Å². The van der Waals surface area contributed by atoms with Gasteiger partial charge in [-0.25, -0.2) is 9.67 Å². The van der Waals surface area contributed by atoms with E-state index in [4.69, 9.17) is 9.72 Å². The minimum atomic E-state index is 0.739. The number of hydrogen-bond acceptors (Lipinski definition) is 4. The van der Waals surface area contributed by atoms with Crippen LogP contribution in [0, 0.1) is 0 Å². The molecule has 0 saturated carbocycles. The summed E-state index contributed by atoms with van der Waals surface area (Å²) >= 11 is 0. The molecule has 150 valence electrons. The minimum Gasteiger partial charge on any atom is -0.494 e. The van der Waals surface area contributed by atoms with Gasteiger partial charge in [-0.2, -0.15) is 0 Å². The maximum Gasteiger partial charge on any atom is 0.144 e. The quantitative estimate of drug-likeness (QED) is 0.379. The van der Waals surface area contributed by atoms with E-state index in [0.29, 0.717) is 0 Å². The Balaban J connectivity index is 1.63. The highest BCUT2D eigenvalue weighted by molar-refractivity contribution is 5.75. The highest BCUT2D eigenvalue weighted by Gasteiger charge is 2.13. The number of para-hydroxylation sites is 2. The van der Waals surface area contributed by atoms with E-state index in [-0.39, 0.29) is 0 Å². The van der Waals surface area contributed by atoms with Gasteiger partial charge in [-0.3, -0.25) is 0 Å². The molecule has 0 N–H and O–H groups in total. The van der Waals surface area contributed by atoms with Gasteiger partial charge in [0.25, 0.3) is 0 Å². The number of hydrogen-bond donors (Lipinski definition) is 0. The van der Waals surface area contributed by atoms with Crippen molar-refractivity contribution in [1.82, 2.24) is 20.0 Å². The number of rotatable bonds is 5. The summed E-state index contributed by atoms with van der Waals surface area (Å²) in [6, 6.07) is 32.2. The number of benzene rings is 3. The molecule has 0 aliphatic carbocycles. The Morgan fingerprint density at radius 3 is 1.84 bits per heavy atom. The predicted molar refractivity (Wildman–Crippen MR) is 122 cm³/mol. The van der Waals surface area contributed by atoms with E-state index in [0.717, 1.165) is 45.2 Å². The lowest BCUT2D eigenvalue weighted by Crippen LogP contribution is -1.98.